The maximum Gasteiger partial charge on any atom is 0.133 e. The SMILES string of the molecule is O=CC1CCCC12CCCCC(=O)C2. The van der Waals surface area contributed by atoms with Gasteiger partial charge >= 0.3 is 0 Å². The highest BCUT2D eigenvalue weighted by Gasteiger charge is 2.44. The first-order valence-electron chi connectivity index (χ1n) is 5.74. The van der Waals surface area contributed by atoms with Crippen molar-refractivity contribution in [2.45, 2.75) is 51.4 Å². The molecule has 0 N–H and O–H groups in total. The van der Waals surface area contributed by atoms with E-state index < -0.39 is 0 Å². The first-order valence-corrected chi connectivity index (χ1v) is 5.74. The summed E-state index contributed by atoms with van der Waals surface area (Å²) < 4.78 is 0. The van der Waals surface area contributed by atoms with Gasteiger partial charge in [-0.15, -0.1) is 0 Å². The van der Waals surface area contributed by atoms with Crippen molar-refractivity contribution >= 4 is 12.1 Å². The Hall–Kier alpha value is -0.660. The fourth-order valence-electron chi connectivity index (χ4n) is 3.28. The number of carbonyl (C=O) groups excluding carboxylic acids is 2. The number of aldehydes is 1. The molecule has 2 heteroatoms. The molecule has 2 rings (SSSR count). The molecule has 2 atom stereocenters. The molecule has 2 nitrogen and oxygen atoms in total. The van der Waals surface area contributed by atoms with E-state index >= 15 is 0 Å². The first-order chi connectivity index (χ1) is 6.77. The van der Waals surface area contributed by atoms with Crippen molar-refractivity contribution in [3.05, 3.63) is 0 Å². The van der Waals surface area contributed by atoms with Gasteiger partial charge in [0.15, 0.2) is 0 Å². The molecule has 2 aliphatic carbocycles. The van der Waals surface area contributed by atoms with E-state index in [1.807, 2.05) is 0 Å². The molecule has 2 fully saturated rings. The summed E-state index contributed by atoms with van der Waals surface area (Å²) in [6.45, 7) is 0. The Morgan fingerprint density at radius 1 is 1.21 bits per heavy atom. The molecular weight excluding hydrogens is 176 g/mol. The van der Waals surface area contributed by atoms with Crippen molar-refractivity contribution in [1.82, 2.24) is 0 Å². The van der Waals surface area contributed by atoms with E-state index in [4.69, 9.17) is 0 Å². The summed E-state index contributed by atoms with van der Waals surface area (Å²) in [5.74, 6) is 0.556. The number of carbonyl (C=O) groups is 2. The summed E-state index contributed by atoms with van der Waals surface area (Å²) >= 11 is 0. The average Bonchev–Trinajstić information content (AvgIpc) is 2.45. The Bertz CT molecular complexity index is 247. The van der Waals surface area contributed by atoms with E-state index in [2.05, 4.69) is 0 Å². The third-order valence-electron chi connectivity index (χ3n) is 4.07. The van der Waals surface area contributed by atoms with Gasteiger partial charge in [-0.05, 0) is 31.1 Å². The van der Waals surface area contributed by atoms with Gasteiger partial charge in [0.2, 0.25) is 0 Å². The van der Waals surface area contributed by atoms with Crippen molar-refractivity contribution in [2.24, 2.45) is 11.3 Å². The zero-order valence-electron chi connectivity index (χ0n) is 8.63. The lowest BCUT2D eigenvalue weighted by atomic mass is 9.72. The number of Topliss-reactive ketones (excluding diaryl/α,β-unsaturated/α-hetero) is 1. The minimum Gasteiger partial charge on any atom is -0.303 e. The lowest BCUT2D eigenvalue weighted by Crippen LogP contribution is -2.28. The molecule has 14 heavy (non-hydrogen) atoms. The predicted molar refractivity (Wildman–Crippen MR) is 53.9 cm³/mol. The topological polar surface area (TPSA) is 34.1 Å². The van der Waals surface area contributed by atoms with Crippen LogP contribution in [0.5, 0.6) is 0 Å². The summed E-state index contributed by atoms with van der Waals surface area (Å²) in [6, 6.07) is 0. The molecule has 0 radical (unpaired) electrons. The van der Waals surface area contributed by atoms with Crippen LogP contribution in [-0.2, 0) is 9.59 Å². The second kappa shape index (κ2) is 3.84. The largest absolute Gasteiger partial charge is 0.303 e. The standard InChI is InChI=1S/C12H18O2/c13-9-10-4-3-7-12(10)6-2-1-5-11(14)8-12/h9-10H,1-8H2. The number of hydrogen-bond acceptors (Lipinski definition) is 2. The molecule has 2 aliphatic rings. The summed E-state index contributed by atoms with van der Waals surface area (Å²) in [6.07, 6.45) is 9.04. The minimum absolute atomic E-state index is 0.0787. The fourth-order valence-corrected chi connectivity index (χ4v) is 3.28. The van der Waals surface area contributed by atoms with Crippen molar-refractivity contribution in [3.8, 4) is 0 Å². The number of rotatable bonds is 1. The zero-order chi connectivity index (χ0) is 10.0. The average molecular weight is 194 g/mol. The molecule has 0 saturated heterocycles. The Labute approximate surface area is 85.1 Å². The highest BCUT2D eigenvalue weighted by atomic mass is 16.1. The van der Waals surface area contributed by atoms with Gasteiger partial charge < -0.3 is 4.79 Å². The molecule has 1 spiro atoms. The minimum atomic E-state index is 0.0787. The van der Waals surface area contributed by atoms with Gasteiger partial charge in [-0.3, -0.25) is 4.79 Å². The Morgan fingerprint density at radius 2 is 2.00 bits per heavy atom. The number of ketones is 1. The van der Waals surface area contributed by atoms with Gasteiger partial charge in [0.05, 0.1) is 0 Å². The van der Waals surface area contributed by atoms with E-state index in [0.717, 1.165) is 51.2 Å². The maximum atomic E-state index is 11.6. The van der Waals surface area contributed by atoms with E-state index in [9.17, 15) is 9.59 Å². The van der Waals surface area contributed by atoms with Crippen LogP contribution in [0.1, 0.15) is 51.4 Å². The molecule has 0 aromatic heterocycles. The van der Waals surface area contributed by atoms with E-state index in [1.165, 1.54) is 0 Å². The van der Waals surface area contributed by atoms with Gasteiger partial charge in [0.25, 0.3) is 0 Å². The highest BCUT2D eigenvalue weighted by Crippen LogP contribution is 2.50. The van der Waals surface area contributed by atoms with E-state index in [-0.39, 0.29) is 11.3 Å². The van der Waals surface area contributed by atoms with Gasteiger partial charge in [-0.2, -0.15) is 0 Å². The molecule has 0 amide bonds. The molecule has 2 unspecified atom stereocenters. The summed E-state index contributed by atoms with van der Waals surface area (Å²) in [5.41, 5.74) is 0.0787. The molecule has 78 valence electrons. The monoisotopic (exact) mass is 194 g/mol. The third kappa shape index (κ3) is 1.62. The molecule has 0 aliphatic heterocycles. The first kappa shape index (κ1) is 9.88. The van der Waals surface area contributed by atoms with Gasteiger partial charge in [-0.25, -0.2) is 0 Å². The lowest BCUT2D eigenvalue weighted by Gasteiger charge is -2.30. The van der Waals surface area contributed by atoms with Crippen LogP contribution in [0.4, 0.5) is 0 Å². The second-order valence-corrected chi connectivity index (χ2v) is 4.92. The van der Waals surface area contributed by atoms with E-state index in [0.29, 0.717) is 12.2 Å². The second-order valence-electron chi connectivity index (χ2n) is 4.92. The van der Waals surface area contributed by atoms with Crippen LogP contribution in [-0.4, -0.2) is 12.1 Å². The van der Waals surface area contributed by atoms with Crippen LogP contribution in [0.3, 0.4) is 0 Å². The highest BCUT2D eigenvalue weighted by molar-refractivity contribution is 5.80. The normalized spacial score (nSPS) is 38.6. The molecular formula is C12H18O2. The van der Waals surface area contributed by atoms with E-state index in [1.54, 1.807) is 0 Å². The third-order valence-corrected chi connectivity index (χ3v) is 4.07. The quantitative estimate of drug-likeness (QED) is 0.601. The van der Waals surface area contributed by atoms with Crippen molar-refractivity contribution in [3.63, 3.8) is 0 Å². The van der Waals surface area contributed by atoms with Crippen LogP contribution < -0.4 is 0 Å². The van der Waals surface area contributed by atoms with Gasteiger partial charge in [0.1, 0.15) is 12.1 Å². The van der Waals surface area contributed by atoms with Crippen LogP contribution in [0, 0.1) is 11.3 Å². The zero-order valence-corrected chi connectivity index (χ0v) is 8.63. The van der Waals surface area contributed by atoms with Crippen LogP contribution in [0.15, 0.2) is 0 Å². The summed E-state index contributed by atoms with van der Waals surface area (Å²) in [4.78, 5) is 22.6. The summed E-state index contributed by atoms with van der Waals surface area (Å²) in [7, 11) is 0. The maximum absolute atomic E-state index is 11.6. The van der Waals surface area contributed by atoms with Crippen molar-refractivity contribution in [1.29, 1.82) is 0 Å². The Balaban J connectivity index is 2.18. The molecule has 0 aromatic rings. The molecule has 0 heterocycles. The smallest absolute Gasteiger partial charge is 0.133 e. The molecule has 0 bridgehead atoms. The fraction of sp³-hybridized carbons (Fsp3) is 0.833. The molecule has 0 aromatic carbocycles. The van der Waals surface area contributed by atoms with Crippen molar-refractivity contribution in [2.75, 3.05) is 0 Å². The van der Waals surface area contributed by atoms with Gasteiger partial charge in [-0.1, -0.05) is 12.8 Å². The van der Waals surface area contributed by atoms with Crippen molar-refractivity contribution < 1.29 is 9.59 Å². The van der Waals surface area contributed by atoms with Crippen LogP contribution in [0.2, 0.25) is 0 Å². The van der Waals surface area contributed by atoms with Gasteiger partial charge in [0, 0.05) is 18.8 Å². The Morgan fingerprint density at radius 3 is 2.79 bits per heavy atom. The summed E-state index contributed by atoms with van der Waals surface area (Å²) in [5, 5.41) is 0. The number of hydrogen-bond donors (Lipinski definition) is 0. The molecule has 2 saturated carbocycles. The Kier molecular flexibility index (Phi) is 2.71. The lowest BCUT2D eigenvalue weighted by molar-refractivity contribution is -0.122. The van der Waals surface area contributed by atoms with Crippen LogP contribution in [0.25, 0.3) is 0 Å². The van der Waals surface area contributed by atoms with Crippen LogP contribution >= 0.6 is 0 Å². The predicted octanol–water partition coefficient (Wildman–Crippen LogP) is 2.51.